The van der Waals surface area contributed by atoms with Crippen molar-refractivity contribution >= 4 is 29.0 Å². The number of carbonyl (C=O) groups excluding carboxylic acids is 2. The molecule has 3 rings (SSSR count). The summed E-state index contributed by atoms with van der Waals surface area (Å²) in [6, 6.07) is 15.2. The third kappa shape index (κ3) is 3.78. The summed E-state index contributed by atoms with van der Waals surface area (Å²) in [5.74, 6) is 0.798. The summed E-state index contributed by atoms with van der Waals surface area (Å²) in [5.41, 5.74) is 1.81. The fraction of sp³-hybridized carbons (Fsp3) is 0.111. The Morgan fingerprint density at radius 3 is 2.54 bits per heavy atom. The van der Waals surface area contributed by atoms with Gasteiger partial charge < -0.3 is 9.47 Å². The van der Waals surface area contributed by atoms with Gasteiger partial charge in [-0.3, -0.25) is 14.9 Å². The van der Waals surface area contributed by atoms with Crippen molar-refractivity contribution in [2.24, 2.45) is 0 Å². The van der Waals surface area contributed by atoms with E-state index in [1.54, 1.807) is 25.3 Å². The van der Waals surface area contributed by atoms with Crippen molar-refractivity contribution in [3.05, 3.63) is 64.6 Å². The Labute approximate surface area is 143 Å². The summed E-state index contributed by atoms with van der Waals surface area (Å²) >= 11 is 0.883. The third-order valence-electron chi connectivity index (χ3n) is 3.36. The maximum Gasteiger partial charge on any atom is 0.290 e. The van der Waals surface area contributed by atoms with Crippen LogP contribution in [0.2, 0.25) is 0 Å². The molecule has 2 aromatic rings. The number of carbonyl (C=O) groups is 2. The van der Waals surface area contributed by atoms with Crippen molar-refractivity contribution in [2.45, 2.75) is 6.61 Å². The molecule has 1 aliphatic rings. The van der Waals surface area contributed by atoms with Crippen molar-refractivity contribution < 1.29 is 19.1 Å². The van der Waals surface area contributed by atoms with Gasteiger partial charge in [0.25, 0.3) is 11.1 Å². The summed E-state index contributed by atoms with van der Waals surface area (Å²) in [6.07, 6.45) is 1.65. The zero-order valence-corrected chi connectivity index (χ0v) is 13.8. The Kier molecular flexibility index (Phi) is 4.86. The van der Waals surface area contributed by atoms with E-state index in [9.17, 15) is 9.59 Å². The van der Waals surface area contributed by atoms with Crippen molar-refractivity contribution in [3.63, 3.8) is 0 Å². The van der Waals surface area contributed by atoms with Gasteiger partial charge in [-0.1, -0.05) is 36.4 Å². The third-order valence-corrected chi connectivity index (χ3v) is 4.18. The highest BCUT2D eigenvalue weighted by molar-refractivity contribution is 8.18. The Morgan fingerprint density at radius 1 is 1.08 bits per heavy atom. The lowest BCUT2D eigenvalue weighted by molar-refractivity contribution is -0.115. The average Bonchev–Trinajstić information content (AvgIpc) is 2.91. The number of imide groups is 1. The molecule has 0 radical (unpaired) electrons. The zero-order valence-electron chi connectivity index (χ0n) is 12.9. The van der Waals surface area contributed by atoms with E-state index in [1.807, 2.05) is 36.4 Å². The van der Waals surface area contributed by atoms with Gasteiger partial charge in [0, 0.05) is 0 Å². The first-order valence-electron chi connectivity index (χ1n) is 7.25. The van der Waals surface area contributed by atoms with E-state index in [0.717, 1.165) is 22.9 Å². The van der Waals surface area contributed by atoms with Crippen molar-refractivity contribution in [1.82, 2.24) is 5.32 Å². The molecule has 1 N–H and O–H groups in total. The normalized spacial score (nSPS) is 15.5. The van der Waals surface area contributed by atoms with E-state index in [0.29, 0.717) is 23.0 Å². The Balaban J connectivity index is 1.77. The fourth-order valence-electron chi connectivity index (χ4n) is 2.20. The first-order chi connectivity index (χ1) is 11.7. The van der Waals surface area contributed by atoms with Gasteiger partial charge in [0.15, 0.2) is 11.5 Å². The second-order valence-electron chi connectivity index (χ2n) is 5.04. The molecule has 2 amide bonds. The molecule has 1 saturated heterocycles. The molecule has 6 heteroatoms. The van der Waals surface area contributed by atoms with Crippen LogP contribution in [-0.4, -0.2) is 18.3 Å². The Morgan fingerprint density at radius 2 is 1.88 bits per heavy atom. The highest BCUT2D eigenvalue weighted by Crippen LogP contribution is 2.31. The molecule has 0 saturated carbocycles. The number of ether oxygens (including phenoxy) is 2. The number of rotatable bonds is 5. The van der Waals surface area contributed by atoms with Gasteiger partial charge in [0.2, 0.25) is 0 Å². The molecule has 0 atom stereocenters. The van der Waals surface area contributed by atoms with E-state index in [-0.39, 0.29) is 11.1 Å². The van der Waals surface area contributed by atoms with Gasteiger partial charge in [-0.2, -0.15) is 0 Å². The molecular weight excluding hydrogens is 326 g/mol. The lowest BCUT2D eigenvalue weighted by Crippen LogP contribution is -2.17. The number of benzene rings is 2. The molecule has 1 aliphatic heterocycles. The summed E-state index contributed by atoms with van der Waals surface area (Å²) in [4.78, 5) is 23.2. The van der Waals surface area contributed by atoms with Crippen LogP contribution in [0, 0.1) is 0 Å². The van der Waals surface area contributed by atoms with Crippen LogP contribution < -0.4 is 14.8 Å². The maximum atomic E-state index is 11.6. The molecule has 0 aromatic heterocycles. The predicted octanol–water partition coefficient (Wildman–Crippen LogP) is 3.60. The highest BCUT2D eigenvalue weighted by Gasteiger charge is 2.25. The summed E-state index contributed by atoms with van der Waals surface area (Å²) in [6.45, 7) is 0.435. The maximum absolute atomic E-state index is 11.6. The number of hydrogen-bond acceptors (Lipinski definition) is 5. The number of nitrogens with one attached hydrogen (secondary N) is 1. The molecule has 0 aliphatic carbocycles. The smallest absolute Gasteiger partial charge is 0.290 e. The number of methoxy groups -OCH3 is 1. The van der Waals surface area contributed by atoms with E-state index in [1.165, 1.54) is 0 Å². The van der Waals surface area contributed by atoms with Gasteiger partial charge in [-0.15, -0.1) is 0 Å². The molecule has 1 heterocycles. The van der Waals surface area contributed by atoms with Gasteiger partial charge in [0.1, 0.15) is 6.61 Å². The van der Waals surface area contributed by atoms with Gasteiger partial charge >= 0.3 is 0 Å². The summed E-state index contributed by atoms with van der Waals surface area (Å²) in [7, 11) is 1.56. The van der Waals surface area contributed by atoms with Crippen molar-refractivity contribution in [2.75, 3.05) is 7.11 Å². The first kappa shape index (κ1) is 16.1. The molecule has 2 aromatic carbocycles. The predicted molar refractivity (Wildman–Crippen MR) is 92.9 cm³/mol. The van der Waals surface area contributed by atoms with Crippen LogP contribution in [0.25, 0.3) is 6.08 Å². The lowest BCUT2D eigenvalue weighted by atomic mass is 10.2. The minimum atomic E-state index is -0.381. The average molecular weight is 341 g/mol. The second kappa shape index (κ2) is 7.23. The second-order valence-corrected chi connectivity index (χ2v) is 6.05. The van der Waals surface area contributed by atoms with Gasteiger partial charge in [0.05, 0.1) is 12.0 Å². The van der Waals surface area contributed by atoms with E-state index in [4.69, 9.17) is 9.47 Å². The Bertz CT molecular complexity index is 802. The molecule has 0 unspecified atom stereocenters. The monoisotopic (exact) mass is 341 g/mol. The van der Waals surface area contributed by atoms with E-state index >= 15 is 0 Å². The number of hydrogen-bond donors (Lipinski definition) is 1. The van der Waals surface area contributed by atoms with E-state index in [2.05, 4.69) is 5.32 Å². The van der Waals surface area contributed by atoms with Crippen molar-refractivity contribution in [1.29, 1.82) is 0 Å². The van der Waals surface area contributed by atoms with Crippen LogP contribution in [-0.2, 0) is 11.4 Å². The van der Waals surface area contributed by atoms with Crippen LogP contribution >= 0.6 is 11.8 Å². The molecule has 0 spiro atoms. The molecule has 122 valence electrons. The summed E-state index contributed by atoms with van der Waals surface area (Å²) < 4.78 is 11.2. The minimum absolute atomic E-state index is 0.360. The van der Waals surface area contributed by atoms with Crippen LogP contribution in [0.4, 0.5) is 4.79 Å². The molecule has 24 heavy (non-hydrogen) atoms. The molecular formula is C18H15NO4S. The Hall–Kier alpha value is -2.73. The minimum Gasteiger partial charge on any atom is -0.493 e. The quantitative estimate of drug-likeness (QED) is 0.842. The van der Waals surface area contributed by atoms with Crippen molar-refractivity contribution in [3.8, 4) is 11.5 Å². The summed E-state index contributed by atoms with van der Waals surface area (Å²) in [5, 5.41) is 1.87. The molecule has 1 fully saturated rings. The molecule has 0 bridgehead atoms. The van der Waals surface area contributed by atoms with Gasteiger partial charge in [-0.05, 0) is 41.1 Å². The largest absolute Gasteiger partial charge is 0.493 e. The van der Waals surface area contributed by atoms with Crippen LogP contribution in [0.3, 0.4) is 0 Å². The topological polar surface area (TPSA) is 64.6 Å². The lowest BCUT2D eigenvalue weighted by Gasteiger charge is -2.11. The zero-order chi connectivity index (χ0) is 16.9. The highest BCUT2D eigenvalue weighted by atomic mass is 32.2. The number of amides is 2. The van der Waals surface area contributed by atoms with E-state index < -0.39 is 0 Å². The number of thioether (sulfide) groups is 1. The molecule has 5 nitrogen and oxygen atoms in total. The van der Waals surface area contributed by atoms with Crippen LogP contribution in [0.5, 0.6) is 11.5 Å². The van der Waals surface area contributed by atoms with Crippen LogP contribution in [0.1, 0.15) is 11.1 Å². The van der Waals surface area contributed by atoms with Gasteiger partial charge in [-0.25, -0.2) is 0 Å². The fourth-order valence-corrected chi connectivity index (χ4v) is 2.88. The SMILES string of the molecule is COc1cc(/C=C2\SC(=O)NC2=O)ccc1OCc1ccccc1. The first-order valence-corrected chi connectivity index (χ1v) is 8.07. The standard InChI is InChI=1S/C18H15NO4S/c1-22-15-9-13(10-16-17(20)19-18(21)24-16)7-8-14(15)23-11-12-5-3-2-4-6-12/h2-10H,11H2,1H3,(H,19,20,21)/b16-10-. The van der Waals surface area contributed by atoms with Crippen LogP contribution in [0.15, 0.2) is 53.4 Å².